The van der Waals surface area contributed by atoms with E-state index in [1.165, 1.54) is 6.33 Å². The Morgan fingerprint density at radius 1 is 1.06 bits per heavy atom. The minimum absolute atomic E-state index is 0.0174. The first-order valence-corrected chi connectivity index (χ1v) is 5.06. The highest BCUT2D eigenvalue weighted by molar-refractivity contribution is 6.10. The van der Waals surface area contributed by atoms with E-state index in [0.29, 0.717) is 5.56 Å². The topological polar surface area (TPSA) is 42.9 Å². The van der Waals surface area contributed by atoms with Crippen LogP contribution in [0.4, 0.5) is 0 Å². The number of carbonyl (C=O) groups is 1. The van der Waals surface area contributed by atoms with Crippen molar-refractivity contribution in [1.29, 1.82) is 0 Å². The van der Waals surface area contributed by atoms with Crippen molar-refractivity contribution in [2.24, 2.45) is 0 Å². The summed E-state index contributed by atoms with van der Waals surface area (Å²) in [6.45, 7) is 3.87. The molecule has 3 heteroatoms. The van der Waals surface area contributed by atoms with E-state index >= 15 is 0 Å². The minimum atomic E-state index is -0.0174. The van der Waals surface area contributed by atoms with Gasteiger partial charge in [0.25, 0.3) is 0 Å². The second-order valence-electron chi connectivity index (χ2n) is 3.72. The Hall–Kier alpha value is -2.03. The van der Waals surface area contributed by atoms with E-state index in [4.69, 9.17) is 0 Å². The largest absolute Gasteiger partial charge is 0.288 e. The Morgan fingerprint density at radius 3 is 2.19 bits per heavy atom. The van der Waals surface area contributed by atoms with E-state index in [9.17, 15) is 4.79 Å². The van der Waals surface area contributed by atoms with E-state index < -0.39 is 0 Å². The van der Waals surface area contributed by atoms with Gasteiger partial charge in [-0.15, -0.1) is 0 Å². The molecule has 1 heterocycles. The normalized spacial score (nSPS) is 10.1. The first-order chi connectivity index (χ1) is 7.70. The SMILES string of the molecule is Cc1cccc(C)c1C(=O)c1cncnc1. The van der Waals surface area contributed by atoms with Crippen molar-refractivity contribution in [3.63, 3.8) is 0 Å². The zero-order valence-electron chi connectivity index (χ0n) is 9.27. The van der Waals surface area contributed by atoms with Gasteiger partial charge in [-0.25, -0.2) is 9.97 Å². The lowest BCUT2D eigenvalue weighted by atomic mass is 9.96. The van der Waals surface area contributed by atoms with Crippen LogP contribution in [-0.4, -0.2) is 15.8 Å². The number of ketones is 1. The fourth-order valence-electron chi connectivity index (χ4n) is 1.73. The quantitative estimate of drug-likeness (QED) is 0.717. The monoisotopic (exact) mass is 212 g/mol. The van der Waals surface area contributed by atoms with Crippen molar-refractivity contribution >= 4 is 5.78 Å². The van der Waals surface area contributed by atoms with Gasteiger partial charge in [-0.1, -0.05) is 18.2 Å². The standard InChI is InChI=1S/C13H12N2O/c1-9-4-3-5-10(2)12(9)13(16)11-6-14-8-15-7-11/h3-8H,1-2H3. The second-order valence-corrected chi connectivity index (χ2v) is 3.72. The summed E-state index contributed by atoms with van der Waals surface area (Å²) in [6.07, 6.45) is 4.50. The number of hydrogen-bond acceptors (Lipinski definition) is 3. The van der Waals surface area contributed by atoms with Crippen LogP contribution < -0.4 is 0 Å². The molecule has 0 aliphatic rings. The van der Waals surface area contributed by atoms with Crippen LogP contribution in [0.15, 0.2) is 36.9 Å². The van der Waals surface area contributed by atoms with Crippen LogP contribution in [0.3, 0.4) is 0 Å². The Kier molecular flexibility index (Phi) is 2.77. The van der Waals surface area contributed by atoms with Crippen LogP contribution in [0, 0.1) is 13.8 Å². The second kappa shape index (κ2) is 4.23. The van der Waals surface area contributed by atoms with Gasteiger partial charge in [0.1, 0.15) is 6.33 Å². The van der Waals surface area contributed by atoms with Crippen LogP contribution in [0.5, 0.6) is 0 Å². The molecule has 0 N–H and O–H groups in total. The van der Waals surface area contributed by atoms with Gasteiger partial charge in [-0.05, 0) is 25.0 Å². The van der Waals surface area contributed by atoms with Crippen molar-refractivity contribution in [3.05, 3.63) is 59.2 Å². The lowest BCUT2D eigenvalue weighted by Crippen LogP contribution is -2.06. The molecule has 0 aliphatic heterocycles. The first-order valence-electron chi connectivity index (χ1n) is 5.06. The molecule has 1 aromatic carbocycles. The van der Waals surface area contributed by atoms with E-state index in [1.54, 1.807) is 12.4 Å². The molecule has 0 atom stereocenters. The Bertz CT molecular complexity index is 500. The molecule has 0 bridgehead atoms. The molecular formula is C13H12N2O. The van der Waals surface area contributed by atoms with Crippen LogP contribution in [-0.2, 0) is 0 Å². The summed E-state index contributed by atoms with van der Waals surface area (Å²) in [7, 11) is 0. The zero-order valence-corrected chi connectivity index (χ0v) is 9.27. The fraction of sp³-hybridized carbons (Fsp3) is 0.154. The summed E-state index contributed by atoms with van der Waals surface area (Å²) >= 11 is 0. The molecule has 0 unspecified atom stereocenters. The number of aryl methyl sites for hydroxylation is 2. The highest BCUT2D eigenvalue weighted by Crippen LogP contribution is 2.17. The van der Waals surface area contributed by atoms with Gasteiger partial charge in [0, 0.05) is 18.0 Å². The van der Waals surface area contributed by atoms with Crippen LogP contribution in [0.1, 0.15) is 27.0 Å². The average molecular weight is 212 g/mol. The lowest BCUT2D eigenvalue weighted by molar-refractivity contribution is 0.103. The third-order valence-corrected chi connectivity index (χ3v) is 2.53. The van der Waals surface area contributed by atoms with Gasteiger partial charge in [0.15, 0.2) is 5.78 Å². The Balaban J connectivity index is 2.50. The van der Waals surface area contributed by atoms with Crippen LogP contribution in [0.25, 0.3) is 0 Å². The first kappa shape index (κ1) is 10.5. The number of hydrogen-bond donors (Lipinski definition) is 0. The van der Waals surface area contributed by atoms with Crippen molar-refractivity contribution in [2.45, 2.75) is 13.8 Å². The summed E-state index contributed by atoms with van der Waals surface area (Å²) in [4.78, 5) is 19.9. The molecule has 0 saturated carbocycles. The summed E-state index contributed by atoms with van der Waals surface area (Å²) in [5.41, 5.74) is 3.24. The summed E-state index contributed by atoms with van der Waals surface area (Å²) < 4.78 is 0. The Labute approximate surface area is 94.2 Å². The molecule has 0 spiro atoms. The van der Waals surface area contributed by atoms with Crippen LogP contribution >= 0.6 is 0 Å². The van der Waals surface area contributed by atoms with E-state index in [0.717, 1.165) is 16.7 Å². The van der Waals surface area contributed by atoms with Gasteiger partial charge >= 0.3 is 0 Å². The van der Waals surface area contributed by atoms with E-state index in [2.05, 4.69) is 9.97 Å². The number of aromatic nitrogens is 2. The van der Waals surface area contributed by atoms with Gasteiger partial charge in [0.2, 0.25) is 0 Å². The molecule has 1 aromatic heterocycles. The number of nitrogens with zero attached hydrogens (tertiary/aromatic N) is 2. The van der Waals surface area contributed by atoms with Gasteiger partial charge in [-0.2, -0.15) is 0 Å². The van der Waals surface area contributed by atoms with Gasteiger partial charge in [-0.3, -0.25) is 4.79 Å². The highest BCUT2D eigenvalue weighted by Gasteiger charge is 2.14. The summed E-state index contributed by atoms with van der Waals surface area (Å²) in [5, 5.41) is 0. The van der Waals surface area contributed by atoms with Crippen molar-refractivity contribution in [1.82, 2.24) is 9.97 Å². The molecule has 0 radical (unpaired) electrons. The highest BCUT2D eigenvalue weighted by atomic mass is 16.1. The third-order valence-electron chi connectivity index (χ3n) is 2.53. The molecular weight excluding hydrogens is 200 g/mol. The average Bonchev–Trinajstić information content (AvgIpc) is 2.30. The maximum Gasteiger partial charge on any atom is 0.196 e. The lowest BCUT2D eigenvalue weighted by Gasteiger charge is -2.07. The Morgan fingerprint density at radius 2 is 1.62 bits per heavy atom. The third kappa shape index (κ3) is 1.84. The molecule has 0 saturated heterocycles. The smallest absolute Gasteiger partial charge is 0.196 e. The van der Waals surface area contributed by atoms with Crippen molar-refractivity contribution < 1.29 is 4.79 Å². The van der Waals surface area contributed by atoms with E-state index in [-0.39, 0.29) is 5.78 Å². The predicted molar refractivity (Wildman–Crippen MR) is 61.4 cm³/mol. The van der Waals surface area contributed by atoms with Crippen molar-refractivity contribution in [3.8, 4) is 0 Å². The maximum absolute atomic E-state index is 12.2. The van der Waals surface area contributed by atoms with Crippen LogP contribution in [0.2, 0.25) is 0 Å². The molecule has 0 aliphatic carbocycles. The zero-order chi connectivity index (χ0) is 11.5. The molecule has 2 rings (SSSR count). The maximum atomic E-state index is 12.2. The summed E-state index contributed by atoms with van der Waals surface area (Å²) in [5.74, 6) is -0.0174. The minimum Gasteiger partial charge on any atom is -0.288 e. The number of carbonyl (C=O) groups excluding carboxylic acids is 1. The summed E-state index contributed by atoms with van der Waals surface area (Å²) in [6, 6.07) is 5.82. The predicted octanol–water partition coefficient (Wildman–Crippen LogP) is 2.32. The number of rotatable bonds is 2. The van der Waals surface area contributed by atoms with E-state index in [1.807, 2.05) is 32.0 Å². The molecule has 0 amide bonds. The molecule has 80 valence electrons. The molecule has 2 aromatic rings. The van der Waals surface area contributed by atoms with Gasteiger partial charge < -0.3 is 0 Å². The molecule has 0 fully saturated rings. The number of benzene rings is 1. The van der Waals surface area contributed by atoms with Gasteiger partial charge in [0.05, 0.1) is 5.56 Å². The molecule has 16 heavy (non-hydrogen) atoms. The van der Waals surface area contributed by atoms with Crippen molar-refractivity contribution in [2.75, 3.05) is 0 Å². The fourth-order valence-corrected chi connectivity index (χ4v) is 1.73. The molecule has 3 nitrogen and oxygen atoms in total.